The molecule has 0 fully saturated rings. The normalized spacial score (nSPS) is 10.9. The van der Waals surface area contributed by atoms with Crippen LogP contribution >= 0.6 is 0 Å². The van der Waals surface area contributed by atoms with Gasteiger partial charge in [0.2, 0.25) is 0 Å². The largest absolute Gasteiger partial charge is 0.383 e. The molecule has 0 unspecified atom stereocenters. The van der Waals surface area contributed by atoms with E-state index in [9.17, 15) is 4.79 Å². The van der Waals surface area contributed by atoms with Crippen molar-refractivity contribution in [3.05, 3.63) is 11.3 Å². The SMILES string of the molecule is COCCN(c1c(C=O)c(C)nn1C)C(C)C. The Morgan fingerprint density at radius 2 is 2.18 bits per heavy atom. The van der Waals surface area contributed by atoms with E-state index in [1.807, 2.05) is 14.0 Å². The molecule has 0 bridgehead atoms. The lowest BCUT2D eigenvalue weighted by atomic mass is 10.2. The molecule has 0 N–H and O–H groups in total. The molecular formula is C12H21N3O2. The summed E-state index contributed by atoms with van der Waals surface area (Å²) in [6.07, 6.45) is 0.875. The van der Waals surface area contributed by atoms with Crippen LogP contribution in [0.4, 0.5) is 5.82 Å². The lowest BCUT2D eigenvalue weighted by Crippen LogP contribution is -2.36. The molecule has 1 heterocycles. The summed E-state index contributed by atoms with van der Waals surface area (Å²) in [7, 11) is 3.53. The zero-order valence-electron chi connectivity index (χ0n) is 11.2. The second kappa shape index (κ2) is 5.82. The van der Waals surface area contributed by atoms with Crippen LogP contribution < -0.4 is 4.90 Å². The van der Waals surface area contributed by atoms with Crippen molar-refractivity contribution in [1.29, 1.82) is 0 Å². The molecule has 0 atom stereocenters. The summed E-state index contributed by atoms with van der Waals surface area (Å²) in [6, 6.07) is 0.290. The summed E-state index contributed by atoms with van der Waals surface area (Å²) in [4.78, 5) is 13.3. The van der Waals surface area contributed by atoms with Crippen molar-refractivity contribution in [3.8, 4) is 0 Å². The third-order valence-corrected chi connectivity index (χ3v) is 2.79. The molecule has 0 aliphatic rings. The topological polar surface area (TPSA) is 47.4 Å². The lowest BCUT2D eigenvalue weighted by Gasteiger charge is -2.28. The summed E-state index contributed by atoms with van der Waals surface area (Å²) in [5.74, 6) is 0.865. The van der Waals surface area contributed by atoms with Crippen molar-refractivity contribution in [2.75, 3.05) is 25.2 Å². The number of nitrogens with zero attached hydrogens (tertiary/aromatic N) is 3. The summed E-state index contributed by atoms with van der Waals surface area (Å²) in [6.45, 7) is 7.40. The first-order valence-electron chi connectivity index (χ1n) is 5.77. The van der Waals surface area contributed by atoms with E-state index >= 15 is 0 Å². The van der Waals surface area contributed by atoms with Gasteiger partial charge >= 0.3 is 0 Å². The monoisotopic (exact) mass is 239 g/mol. The van der Waals surface area contributed by atoms with Crippen molar-refractivity contribution in [2.45, 2.75) is 26.8 Å². The fourth-order valence-electron chi connectivity index (χ4n) is 1.94. The first-order valence-corrected chi connectivity index (χ1v) is 5.77. The van der Waals surface area contributed by atoms with Gasteiger partial charge in [0.1, 0.15) is 5.82 Å². The number of aryl methyl sites for hydroxylation is 2. The van der Waals surface area contributed by atoms with Crippen LogP contribution in [0.25, 0.3) is 0 Å². The third-order valence-electron chi connectivity index (χ3n) is 2.79. The molecule has 5 heteroatoms. The number of ether oxygens (including phenoxy) is 1. The Morgan fingerprint density at radius 1 is 1.53 bits per heavy atom. The van der Waals surface area contributed by atoms with Gasteiger partial charge in [0.25, 0.3) is 0 Å². The highest BCUT2D eigenvalue weighted by Crippen LogP contribution is 2.23. The van der Waals surface area contributed by atoms with Gasteiger partial charge in [-0.15, -0.1) is 0 Å². The van der Waals surface area contributed by atoms with Gasteiger partial charge in [0, 0.05) is 26.7 Å². The van der Waals surface area contributed by atoms with E-state index < -0.39 is 0 Å². The number of anilines is 1. The summed E-state index contributed by atoms with van der Waals surface area (Å²) >= 11 is 0. The predicted molar refractivity (Wildman–Crippen MR) is 67.7 cm³/mol. The average Bonchev–Trinajstić information content (AvgIpc) is 2.54. The highest BCUT2D eigenvalue weighted by Gasteiger charge is 2.20. The van der Waals surface area contributed by atoms with Crippen LogP contribution in [0, 0.1) is 6.92 Å². The molecule has 0 saturated carbocycles. The average molecular weight is 239 g/mol. The van der Waals surface area contributed by atoms with Gasteiger partial charge < -0.3 is 9.64 Å². The van der Waals surface area contributed by atoms with E-state index in [1.165, 1.54) is 0 Å². The molecule has 0 spiro atoms. The summed E-state index contributed by atoms with van der Waals surface area (Å²) in [5, 5.41) is 4.30. The van der Waals surface area contributed by atoms with Gasteiger partial charge in [0.05, 0.1) is 17.9 Å². The number of methoxy groups -OCH3 is 1. The van der Waals surface area contributed by atoms with Crippen LogP contribution in [0.15, 0.2) is 0 Å². The standard InChI is InChI=1S/C12H21N3O2/c1-9(2)15(6-7-17-5)12-11(8-16)10(3)13-14(12)4/h8-9H,6-7H2,1-5H3. The highest BCUT2D eigenvalue weighted by molar-refractivity contribution is 5.84. The fourth-order valence-corrected chi connectivity index (χ4v) is 1.94. The maximum atomic E-state index is 11.2. The van der Waals surface area contributed by atoms with Crippen LogP contribution in [0.1, 0.15) is 29.9 Å². The third kappa shape index (κ3) is 2.85. The summed E-state index contributed by atoms with van der Waals surface area (Å²) in [5.41, 5.74) is 1.43. The van der Waals surface area contributed by atoms with E-state index in [2.05, 4.69) is 23.8 Å². The number of carbonyl (C=O) groups is 1. The van der Waals surface area contributed by atoms with E-state index in [4.69, 9.17) is 4.74 Å². The zero-order valence-corrected chi connectivity index (χ0v) is 11.2. The Labute approximate surface area is 102 Å². The van der Waals surface area contributed by atoms with Crippen LogP contribution in [0.3, 0.4) is 0 Å². The molecule has 1 aromatic heterocycles. The lowest BCUT2D eigenvalue weighted by molar-refractivity contribution is 0.112. The number of aldehydes is 1. The molecule has 5 nitrogen and oxygen atoms in total. The second-order valence-corrected chi connectivity index (χ2v) is 4.34. The van der Waals surface area contributed by atoms with Gasteiger partial charge in [0.15, 0.2) is 6.29 Å². The van der Waals surface area contributed by atoms with E-state index in [1.54, 1.807) is 11.8 Å². The minimum absolute atomic E-state index is 0.290. The minimum atomic E-state index is 0.290. The number of hydrogen-bond donors (Lipinski definition) is 0. The van der Waals surface area contributed by atoms with Gasteiger partial charge in [-0.1, -0.05) is 0 Å². The van der Waals surface area contributed by atoms with Crippen LogP contribution in [0.2, 0.25) is 0 Å². The van der Waals surface area contributed by atoms with E-state index in [0.717, 1.165) is 24.3 Å². The van der Waals surface area contributed by atoms with Gasteiger partial charge in [-0.05, 0) is 20.8 Å². The fraction of sp³-hybridized carbons (Fsp3) is 0.667. The Balaban J connectivity index is 3.12. The first-order chi connectivity index (χ1) is 8.02. The smallest absolute Gasteiger partial charge is 0.155 e. The molecule has 96 valence electrons. The molecule has 17 heavy (non-hydrogen) atoms. The molecule has 1 rings (SSSR count). The minimum Gasteiger partial charge on any atom is -0.383 e. The predicted octanol–water partition coefficient (Wildman–Crippen LogP) is 1.40. The Morgan fingerprint density at radius 3 is 2.65 bits per heavy atom. The number of hydrogen-bond acceptors (Lipinski definition) is 4. The molecule has 0 aliphatic carbocycles. The van der Waals surface area contributed by atoms with Crippen LogP contribution in [-0.2, 0) is 11.8 Å². The van der Waals surface area contributed by atoms with Crippen molar-refractivity contribution < 1.29 is 9.53 Å². The van der Waals surface area contributed by atoms with Crippen LogP contribution in [0.5, 0.6) is 0 Å². The highest BCUT2D eigenvalue weighted by atomic mass is 16.5. The molecule has 0 amide bonds. The number of aromatic nitrogens is 2. The number of rotatable bonds is 6. The van der Waals surface area contributed by atoms with Crippen LogP contribution in [-0.4, -0.2) is 42.4 Å². The van der Waals surface area contributed by atoms with Gasteiger partial charge in [-0.2, -0.15) is 5.10 Å². The maximum Gasteiger partial charge on any atom is 0.155 e. The molecular weight excluding hydrogens is 218 g/mol. The van der Waals surface area contributed by atoms with Gasteiger partial charge in [-0.25, -0.2) is 0 Å². The Bertz CT molecular complexity index is 385. The summed E-state index contributed by atoms with van der Waals surface area (Å²) < 4.78 is 6.86. The van der Waals surface area contributed by atoms with Crippen molar-refractivity contribution >= 4 is 12.1 Å². The molecule has 0 saturated heterocycles. The molecule has 0 aromatic carbocycles. The first kappa shape index (κ1) is 13.7. The maximum absolute atomic E-state index is 11.2. The van der Waals surface area contributed by atoms with Crippen molar-refractivity contribution in [1.82, 2.24) is 9.78 Å². The molecule has 0 radical (unpaired) electrons. The molecule has 0 aliphatic heterocycles. The van der Waals surface area contributed by atoms with E-state index in [0.29, 0.717) is 18.2 Å². The van der Waals surface area contributed by atoms with E-state index in [-0.39, 0.29) is 0 Å². The zero-order chi connectivity index (χ0) is 13.0. The molecule has 1 aromatic rings. The van der Waals surface area contributed by atoms with Gasteiger partial charge in [-0.3, -0.25) is 9.48 Å². The van der Waals surface area contributed by atoms with Crippen molar-refractivity contribution in [2.24, 2.45) is 7.05 Å². The second-order valence-electron chi connectivity index (χ2n) is 4.34. The Hall–Kier alpha value is -1.36. The quantitative estimate of drug-likeness (QED) is 0.704. The number of carbonyl (C=O) groups excluding carboxylic acids is 1. The van der Waals surface area contributed by atoms with Crippen molar-refractivity contribution in [3.63, 3.8) is 0 Å². The Kier molecular flexibility index (Phi) is 4.69.